The van der Waals surface area contributed by atoms with Crippen LogP contribution in [0.15, 0.2) is 48.5 Å². The molecule has 2 aromatic carbocycles. The van der Waals surface area contributed by atoms with E-state index < -0.39 is 36.8 Å². The van der Waals surface area contributed by atoms with Gasteiger partial charge in [-0.2, -0.15) is 0 Å². The second kappa shape index (κ2) is 9.35. The van der Waals surface area contributed by atoms with E-state index in [4.69, 9.17) is 4.74 Å². The van der Waals surface area contributed by atoms with E-state index in [0.29, 0.717) is 18.9 Å². The minimum atomic E-state index is -0.816. The lowest BCUT2D eigenvalue weighted by Crippen LogP contribution is -2.37. The fourth-order valence-electron chi connectivity index (χ4n) is 3.17. The van der Waals surface area contributed by atoms with Crippen molar-refractivity contribution >= 4 is 23.7 Å². The summed E-state index contributed by atoms with van der Waals surface area (Å²) in [5.41, 5.74) is 2.87. The predicted molar refractivity (Wildman–Crippen MR) is 110 cm³/mol. The molecule has 0 saturated heterocycles. The zero-order valence-electron chi connectivity index (χ0n) is 17.0. The molecule has 3 rings (SSSR count). The number of imide groups is 1. The highest BCUT2D eigenvalue weighted by molar-refractivity contribution is 6.22. The highest BCUT2D eigenvalue weighted by Gasteiger charge is 2.36. The molecular weight excluding hydrogens is 384 g/mol. The van der Waals surface area contributed by atoms with Gasteiger partial charge in [-0.1, -0.05) is 50.2 Å². The average Bonchev–Trinajstić information content (AvgIpc) is 2.98. The fraction of sp³-hybridized carbons (Fsp3) is 0.304. The highest BCUT2D eigenvalue weighted by Crippen LogP contribution is 2.22. The number of fused-ring (bicyclic) bond motifs is 1. The van der Waals surface area contributed by atoms with E-state index in [-0.39, 0.29) is 11.1 Å². The van der Waals surface area contributed by atoms with Crippen LogP contribution in [-0.4, -0.2) is 48.3 Å². The summed E-state index contributed by atoms with van der Waals surface area (Å²) in [5.74, 6) is -1.87. The Hall–Kier alpha value is -3.48. The van der Waals surface area contributed by atoms with Gasteiger partial charge < -0.3 is 10.1 Å². The van der Waals surface area contributed by atoms with Crippen molar-refractivity contribution in [1.82, 2.24) is 10.2 Å². The Morgan fingerprint density at radius 1 is 0.967 bits per heavy atom. The Labute approximate surface area is 175 Å². The van der Waals surface area contributed by atoms with Gasteiger partial charge >= 0.3 is 5.97 Å². The summed E-state index contributed by atoms with van der Waals surface area (Å²) in [7, 11) is 0. The van der Waals surface area contributed by atoms with Crippen molar-refractivity contribution in [2.75, 3.05) is 19.7 Å². The number of benzene rings is 2. The topological polar surface area (TPSA) is 92.8 Å². The number of nitrogens with one attached hydrogen (secondary N) is 1. The van der Waals surface area contributed by atoms with Gasteiger partial charge in [0.05, 0.1) is 11.1 Å². The number of hydrogen-bond acceptors (Lipinski definition) is 5. The van der Waals surface area contributed by atoms with Gasteiger partial charge in [-0.15, -0.1) is 0 Å². The quantitative estimate of drug-likeness (QED) is 0.535. The zero-order valence-corrected chi connectivity index (χ0v) is 17.0. The van der Waals surface area contributed by atoms with E-state index in [9.17, 15) is 19.2 Å². The van der Waals surface area contributed by atoms with Gasteiger partial charge in [0.1, 0.15) is 6.54 Å². The molecule has 2 aromatic rings. The lowest BCUT2D eigenvalue weighted by atomic mass is 10.0. The largest absolute Gasteiger partial charge is 0.454 e. The second-order valence-corrected chi connectivity index (χ2v) is 7.40. The van der Waals surface area contributed by atoms with Crippen molar-refractivity contribution in [1.29, 1.82) is 0 Å². The standard InChI is InChI=1S/C23H24N2O5/c1-15(2)17-9-7-16(8-10-17)11-12-24-20(26)14-30-21(27)13-25-22(28)18-5-3-4-6-19(18)23(25)29/h3-10,15H,11-14H2,1-2H3,(H,24,26). The number of carbonyl (C=O) groups is 4. The SMILES string of the molecule is CC(C)c1ccc(CCNC(=O)COC(=O)CN2C(=O)c3ccccc3C2=O)cc1. The normalized spacial score (nSPS) is 12.8. The third kappa shape index (κ3) is 4.92. The van der Waals surface area contributed by atoms with Crippen LogP contribution in [0.3, 0.4) is 0 Å². The highest BCUT2D eigenvalue weighted by atomic mass is 16.5. The third-order valence-corrected chi connectivity index (χ3v) is 4.91. The maximum Gasteiger partial charge on any atom is 0.326 e. The molecule has 0 atom stereocenters. The summed E-state index contributed by atoms with van der Waals surface area (Å²) < 4.78 is 4.91. The maximum absolute atomic E-state index is 12.2. The smallest absolute Gasteiger partial charge is 0.326 e. The predicted octanol–water partition coefficient (Wildman–Crippen LogP) is 2.31. The summed E-state index contributed by atoms with van der Waals surface area (Å²) in [5, 5.41) is 2.69. The molecule has 7 heteroatoms. The van der Waals surface area contributed by atoms with Gasteiger partial charge in [-0.3, -0.25) is 24.1 Å². The van der Waals surface area contributed by atoms with E-state index in [1.165, 1.54) is 17.7 Å². The zero-order chi connectivity index (χ0) is 21.7. The van der Waals surface area contributed by atoms with Crippen LogP contribution in [0.25, 0.3) is 0 Å². The van der Waals surface area contributed by atoms with Crippen molar-refractivity contribution in [3.8, 4) is 0 Å². The molecule has 0 spiro atoms. The number of hydrogen-bond donors (Lipinski definition) is 1. The lowest BCUT2D eigenvalue weighted by Gasteiger charge is -2.13. The van der Waals surface area contributed by atoms with Crippen LogP contribution in [0.2, 0.25) is 0 Å². The van der Waals surface area contributed by atoms with Gasteiger partial charge in [0.2, 0.25) is 0 Å². The molecule has 30 heavy (non-hydrogen) atoms. The molecule has 3 amide bonds. The first-order chi connectivity index (χ1) is 14.4. The van der Waals surface area contributed by atoms with Crippen LogP contribution in [0.5, 0.6) is 0 Å². The number of rotatable bonds is 8. The molecule has 0 aromatic heterocycles. The van der Waals surface area contributed by atoms with Crippen molar-refractivity contribution < 1.29 is 23.9 Å². The third-order valence-electron chi connectivity index (χ3n) is 4.91. The van der Waals surface area contributed by atoms with E-state index in [2.05, 4.69) is 31.3 Å². The number of ether oxygens (including phenoxy) is 1. The summed E-state index contributed by atoms with van der Waals surface area (Å²) in [6.45, 7) is 3.68. The molecule has 1 aliphatic heterocycles. The monoisotopic (exact) mass is 408 g/mol. The second-order valence-electron chi connectivity index (χ2n) is 7.40. The van der Waals surface area contributed by atoms with Crippen molar-refractivity contribution in [3.05, 3.63) is 70.8 Å². The summed E-state index contributed by atoms with van der Waals surface area (Å²) in [4.78, 5) is 49.2. The Morgan fingerprint density at radius 2 is 1.57 bits per heavy atom. The molecule has 7 nitrogen and oxygen atoms in total. The first-order valence-corrected chi connectivity index (χ1v) is 9.83. The number of carbonyl (C=O) groups excluding carboxylic acids is 4. The van der Waals surface area contributed by atoms with E-state index in [0.717, 1.165) is 10.5 Å². The Kier molecular flexibility index (Phi) is 6.61. The van der Waals surface area contributed by atoms with Crippen molar-refractivity contribution in [2.45, 2.75) is 26.2 Å². The Morgan fingerprint density at radius 3 is 2.13 bits per heavy atom. The molecule has 156 valence electrons. The number of nitrogens with zero attached hydrogens (tertiary/aromatic N) is 1. The Bertz CT molecular complexity index is 931. The van der Waals surface area contributed by atoms with Gasteiger partial charge in [-0.05, 0) is 35.6 Å². The van der Waals surface area contributed by atoms with Crippen molar-refractivity contribution in [3.63, 3.8) is 0 Å². The van der Waals surface area contributed by atoms with Crippen LogP contribution in [0.1, 0.15) is 51.6 Å². The molecule has 0 aliphatic carbocycles. The molecule has 0 fully saturated rings. The van der Waals surface area contributed by atoms with Gasteiger partial charge in [0.15, 0.2) is 6.61 Å². The minimum absolute atomic E-state index is 0.259. The number of amides is 3. The molecule has 1 aliphatic rings. The summed E-state index contributed by atoms with van der Waals surface area (Å²) in [6, 6.07) is 14.6. The van der Waals surface area contributed by atoms with E-state index >= 15 is 0 Å². The molecule has 0 radical (unpaired) electrons. The minimum Gasteiger partial charge on any atom is -0.454 e. The van der Waals surface area contributed by atoms with Gasteiger partial charge in [0.25, 0.3) is 17.7 Å². The molecule has 0 bridgehead atoms. The molecule has 1 N–H and O–H groups in total. The summed E-state index contributed by atoms with van der Waals surface area (Å²) in [6.07, 6.45) is 0.660. The van der Waals surface area contributed by atoms with Crippen LogP contribution in [0, 0.1) is 0 Å². The molecule has 0 saturated carbocycles. The van der Waals surface area contributed by atoms with Crippen LogP contribution < -0.4 is 5.32 Å². The van der Waals surface area contributed by atoms with E-state index in [1.54, 1.807) is 12.1 Å². The van der Waals surface area contributed by atoms with Crippen LogP contribution >= 0.6 is 0 Å². The molecule has 0 unspecified atom stereocenters. The van der Waals surface area contributed by atoms with Crippen LogP contribution in [0.4, 0.5) is 0 Å². The first-order valence-electron chi connectivity index (χ1n) is 9.83. The molecular formula is C23H24N2O5. The van der Waals surface area contributed by atoms with E-state index in [1.807, 2.05) is 12.1 Å². The average molecular weight is 408 g/mol. The fourth-order valence-corrected chi connectivity index (χ4v) is 3.17. The van der Waals surface area contributed by atoms with Gasteiger partial charge in [0, 0.05) is 6.54 Å². The van der Waals surface area contributed by atoms with Crippen LogP contribution in [-0.2, 0) is 20.7 Å². The van der Waals surface area contributed by atoms with Crippen molar-refractivity contribution in [2.24, 2.45) is 0 Å². The summed E-state index contributed by atoms with van der Waals surface area (Å²) >= 11 is 0. The maximum atomic E-state index is 12.2. The number of esters is 1. The lowest BCUT2D eigenvalue weighted by molar-refractivity contribution is -0.148. The Balaban J connectivity index is 1.39. The molecule has 1 heterocycles. The van der Waals surface area contributed by atoms with Gasteiger partial charge in [-0.25, -0.2) is 0 Å². The first kappa shape index (κ1) is 21.2.